The summed E-state index contributed by atoms with van der Waals surface area (Å²) in [6.07, 6.45) is 3.73. The first-order chi connectivity index (χ1) is 11.7. The van der Waals surface area contributed by atoms with E-state index in [9.17, 15) is 4.79 Å². The Kier molecular flexibility index (Phi) is 9.18. The number of aldehydes is 1. The van der Waals surface area contributed by atoms with Gasteiger partial charge in [-0.05, 0) is 62.0 Å². The SMILES string of the molecule is C/C(CCSc1ccccc1)=C(\C=O)CCCO[Si](C)(C)C(C)(C)C. The van der Waals surface area contributed by atoms with Crippen molar-refractivity contribution in [1.82, 2.24) is 0 Å². The highest BCUT2D eigenvalue weighted by molar-refractivity contribution is 7.99. The molecule has 0 saturated heterocycles. The van der Waals surface area contributed by atoms with E-state index in [-0.39, 0.29) is 5.04 Å². The van der Waals surface area contributed by atoms with Crippen molar-refractivity contribution in [3.63, 3.8) is 0 Å². The van der Waals surface area contributed by atoms with Gasteiger partial charge < -0.3 is 4.43 Å². The van der Waals surface area contributed by atoms with Crippen molar-refractivity contribution in [3.05, 3.63) is 41.5 Å². The fourth-order valence-electron chi connectivity index (χ4n) is 2.18. The Morgan fingerprint density at radius 1 is 1.16 bits per heavy atom. The lowest BCUT2D eigenvalue weighted by Gasteiger charge is -2.36. The molecule has 0 unspecified atom stereocenters. The number of benzene rings is 1. The fraction of sp³-hybridized carbons (Fsp3) is 0.571. The lowest BCUT2D eigenvalue weighted by atomic mass is 10.0. The van der Waals surface area contributed by atoms with E-state index in [4.69, 9.17) is 4.43 Å². The maximum atomic E-state index is 11.4. The second-order valence-electron chi connectivity index (χ2n) is 8.05. The minimum Gasteiger partial charge on any atom is -0.417 e. The van der Waals surface area contributed by atoms with Gasteiger partial charge in [-0.3, -0.25) is 4.79 Å². The maximum absolute atomic E-state index is 11.4. The van der Waals surface area contributed by atoms with Gasteiger partial charge in [-0.25, -0.2) is 0 Å². The summed E-state index contributed by atoms with van der Waals surface area (Å²) in [6, 6.07) is 10.4. The van der Waals surface area contributed by atoms with Crippen LogP contribution in [0.4, 0.5) is 0 Å². The molecule has 0 N–H and O–H groups in total. The van der Waals surface area contributed by atoms with Crippen molar-refractivity contribution < 1.29 is 9.22 Å². The zero-order valence-corrected chi connectivity index (χ0v) is 18.5. The second kappa shape index (κ2) is 10.3. The summed E-state index contributed by atoms with van der Waals surface area (Å²) in [4.78, 5) is 12.7. The Morgan fingerprint density at radius 3 is 2.36 bits per heavy atom. The highest BCUT2D eigenvalue weighted by Gasteiger charge is 2.36. The highest BCUT2D eigenvalue weighted by Crippen LogP contribution is 2.36. The molecule has 0 aromatic heterocycles. The average Bonchev–Trinajstić information content (AvgIpc) is 2.54. The maximum Gasteiger partial charge on any atom is 0.191 e. The molecule has 0 aliphatic carbocycles. The summed E-state index contributed by atoms with van der Waals surface area (Å²) in [5, 5.41) is 0.237. The Bertz CT molecular complexity index is 559. The first-order valence-corrected chi connectivity index (χ1v) is 13.0. The van der Waals surface area contributed by atoms with E-state index in [0.29, 0.717) is 0 Å². The number of hydrogen-bond donors (Lipinski definition) is 0. The van der Waals surface area contributed by atoms with Crippen LogP contribution in [0.5, 0.6) is 0 Å². The lowest BCUT2D eigenvalue weighted by Crippen LogP contribution is -2.40. The van der Waals surface area contributed by atoms with Crippen LogP contribution in [0.2, 0.25) is 18.1 Å². The first-order valence-electron chi connectivity index (χ1n) is 9.13. The molecule has 1 aromatic rings. The summed E-state index contributed by atoms with van der Waals surface area (Å²) >= 11 is 1.84. The Hall–Kier alpha value is -0.843. The largest absolute Gasteiger partial charge is 0.417 e. The van der Waals surface area contributed by atoms with Crippen LogP contribution in [0.1, 0.15) is 47.0 Å². The van der Waals surface area contributed by atoms with Crippen molar-refractivity contribution in [3.8, 4) is 0 Å². The fourth-order valence-corrected chi connectivity index (χ4v) is 4.26. The number of rotatable bonds is 10. The van der Waals surface area contributed by atoms with Gasteiger partial charge in [0.15, 0.2) is 8.32 Å². The van der Waals surface area contributed by atoms with E-state index in [1.165, 1.54) is 10.5 Å². The highest BCUT2D eigenvalue weighted by atomic mass is 32.2. The molecular formula is C21H34O2SSi. The van der Waals surface area contributed by atoms with Crippen molar-refractivity contribution in [2.75, 3.05) is 12.4 Å². The minimum atomic E-state index is -1.68. The van der Waals surface area contributed by atoms with Crippen molar-refractivity contribution in [1.29, 1.82) is 0 Å². The van der Waals surface area contributed by atoms with Crippen LogP contribution in [0, 0.1) is 0 Å². The van der Waals surface area contributed by atoms with Gasteiger partial charge in [0, 0.05) is 17.3 Å². The van der Waals surface area contributed by atoms with Gasteiger partial charge in [0.2, 0.25) is 0 Å². The summed E-state index contributed by atoms with van der Waals surface area (Å²) in [5.41, 5.74) is 2.17. The Balaban J connectivity index is 2.40. The monoisotopic (exact) mass is 378 g/mol. The second-order valence-corrected chi connectivity index (χ2v) is 14.0. The average molecular weight is 379 g/mol. The molecule has 0 bridgehead atoms. The van der Waals surface area contributed by atoms with E-state index in [2.05, 4.69) is 65.1 Å². The minimum absolute atomic E-state index is 0.237. The molecule has 0 heterocycles. The van der Waals surface area contributed by atoms with Crippen LogP contribution >= 0.6 is 11.8 Å². The van der Waals surface area contributed by atoms with Gasteiger partial charge in [0.1, 0.15) is 6.29 Å². The third-order valence-electron chi connectivity index (χ3n) is 5.04. The molecule has 2 nitrogen and oxygen atoms in total. The molecule has 140 valence electrons. The molecule has 0 aliphatic rings. The van der Waals surface area contributed by atoms with E-state index >= 15 is 0 Å². The molecule has 0 aliphatic heterocycles. The lowest BCUT2D eigenvalue weighted by molar-refractivity contribution is -0.105. The molecule has 1 aromatic carbocycles. The van der Waals surface area contributed by atoms with Gasteiger partial charge >= 0.3 is 0 Å². The number of carbonyl (C=O) groups excluding carboxylic acids is 1. The molecule has 0 atom stereocenters. The van der Waals surface area contributed by atoms with Crippen LogP contribution in [-0.2, 0) is 9.22 Å². The molecular weight excluding hydrogens is 344 g/mol. The number of thioether (sulfide) groups is 1. The van der Waals surface area contributed by atoms with Gasteiger partial charge in [-0.2, -0.15) is 0 Å². The summed E-state index contributed by atoms with van der Waals surface area (Å²) in [6.45, 7) is 14.1. The number of carbonyl (C=O) groups is 1. The van der Waals surface area contributed by atoms with Gasteiger partial charge in [-0.15, -0.1) is 11.8 Å². The Labute approximate surface area is 159 Å². The predicted octanol–water partition coefficient (Wildman–Crippen LogP) is 6.49. The summed E-state index contributed by atoms with van der Waals surface area (Å²) in [5.74, 6) is 1.01. The van der Waals surface area contributed by atoms with Crippen molar-refractivity contribution >= 4 is 26.4 Å². The van der Waals surface area contributed by atoms with E-state index in [0.717, 1.165) is 43.5 Å². The molecule has 0 saturated carbocycles. The molecule has 4 heteroatoms. The van der Waals surface area contributed by atoms with Crippen LogP contribution in [-0.4, -0.2) is 27.0 Å². The molecule has 0 radical (unpaired) electrons. The molecule has 25 heavy (non-hydrogen) atoms. The van der Waals surface area contributed by atoms with E-state index in [1.807, 2.05) is 17.8 Å². The van der Waals surface area contributed by atoms with Gasteiger partial charge in [-0.1, -0.05) is 44.5 Å². The predicted molar refractivity (Wildman–Crippen MR) is 113 cm³/mol. The first kappa shape index (κ1) is 22.2. The number of hydrogen-bond acceptors (Lipinski definition) is 3. The van der Waals surface area contributed by atoms with E-state index < -0.39 is 8.32 Å². The number of allylic oxidation sites excluding steroid dienone is 2. The third kappa shape index (κ3) is 7.93. The van der Waals surface area contributed by atoms with Crippen LogP contribution in [0.25, 0.3) is 0 Å². The summed E-state index contributed by atoms with van der Waals surface area (Å²) < 4.78 is 6.20. The molecule has 0 amide bonds. The van der Waals surface area contributed by atoms with Crippen LogP contribution in [0.3, 0.4) is 0 Å². The molecule has 0 spiro atoms. The topological polar surface area (TPSA) is 26.3 Å². The zero-order chi connectivity index (χ0) is 18.9. The van der Waals surface area contributed by atoms with Crippen molar-refractivity contribution in [2.45, 2.75) is 70.0 Å². The molecule has 1 rings (SSSR count). The Morgan fingerprint density at radius 2 is 1.80 bits per heavy atom. The third-order valence-corrected chi connectivity index (χ3v) is 10.6. The van der Waals surface area contributed by atoms with Crippen molar-refractivity contribution in [2.24, 2.45) is 0 Å². The quantitative estimate of drug-likeness (QED) is 0.153. The smallest absolute Gasteiger partial charge is 0.191 e. The van der Waals surface area contributed by atoms with Gasteiger partial charge in [0.25, 0.3) is 0 Å². The van der Waals surface area contributed by atoms with Gasteiger partial charge in [0.05, 0.1) is 0 Å². The molecule has 0 fully saturated rings. The normalized spacial score (nSPS) is 13.5. The standard InChI is InChI=1S/C21H34O2SSi/c1-18(14-16-24-20-12-8-7-9-13-20)19(17-22)11-10-15-23-25(5,6)21(2,3)4/h7-9,12-13,17H,10-11,14-16H2,1-6H3/b19-18+. The summed E-state index contributed by atoms with van der Waals surface area (Å²) in [7, 11) is -1.68. The van der Waals surface area contributed by atoms with Crippen LogP contribution in [0.15, 0.2) is 46.4 Å². The zero-order valence-electron chi connectivity index (χ0n) is 16.7. The van der Waals surface area contributed by atoms with E-state index in [1.54, 1.807) is 0 Å². The van der Waals surface area contributed by atoms with Crippen LogP contribution < -0.4 is 0 Å².